The van der Waals surface area contributed by atoms with Crippen LogP contribution in [0.1, 0.15) is 18.1 Å². The van der Waals surface area contributed by atoms with E-state index >= 15 is 0 Å². The number of allylic oxidation sites excluding steroid dienone is 1. The van der Waals surface area contributed by atoms with Crippen molar-refractivity contribution < 1.29 is 0 Å². The van der Waals surface area contributed by atoms with Crippen LogP contribution in [0.25, 0.3) is 28.5 Å². The predicted molar refractivity (Wildman–Crippen MR) is 114 cm³/mol. The van der Waals surface area contributed by atoms with E-state index < -0.39 is 0 Å². The van der Waals surface area contributed by atoms with Gasteiger partial charge in [-0.25, -0.2) is 0 Å². The van der Waals surface area contributed by atoms with Crippen molar-refractivity contribution in [1.82, 2.24) is 14.8 Å². The van der Waals surface area contributed by atoms with Crippen molar-refractivity contribution in [2.75, 3.05) is 0 Å². The van der Waals surface area contributed by atoms with Crippen LogP contribution in [0, 0.1) is 5.92 Å². The average Bonchev–Trinajstić information content (AvgIpc) is 3.19. The van der Waals surface area contributed by atoms with Crippen LogP contribution in [-0.4, -0.2) is 14.8 Å². The van der Waals surface area contributed by atoms with Crippen LogP contribution in [0.15, 0.2) is 91.0 Å². The van der Waals surface area contributed by atoms with E-state index in [1.807, 2.05) is 36.4 Å². The Morgan fingerprint density at radius 3 is 1.86 bits per heavy atom. The second-order valence-electron chi connectivity index (χ2n) is 7.31. The first-order valence-corrected chi connectivity index (χ1v) is 9.68. The molecule has 3 nitrogen and oxygen atoms in total. The van der Waals surface area contributed by atoms with E-state index in [0.29, 0.717) is 5.92 Å². The molecule has 0 N–H and O–H groups in total. The predicted octanol–water partition coefficient (Wildman–Crippen LogP) is 5.69. The van der Waals surface area contributed by atoms with Crippen LogP contribution in [0.5, 0.6) is 0 Å². The van der Waals surface area contributed by atoms with Crippen LogP contribution < -0.4 is 0 Å². The smallest absolute Gasteiger partial charge is 0.168 e. The van der Waals surface area contributed by atoms with E-state index in [1.165, 1.54) is 11.1 Å². The summed E-state index contributed by atoms with van der Waals surface area (Å²) < 4.78 is 2.22. The maximum Gasteiger partial charge on any atom is 0.168 e. The largest absolute Gasteiger partial charge is 0.275 e. The van der Waals surface area contributed by atoms with Crippen LogP contribution in [0.2, 0.25) is 0 Å². The van der Waals surface area contributed by atoms with E-state index in [9.17, 15) is 0 Å². The van der Waals surface area contributed by atoms with Gasteiger partial charge < -0.3 is 0 Å². The second-order valence-corrected chi connectivity index (χ2v) is 7.31. The average molecular weight is 363 g/mol. The zero-order chi connectivity index (χ0) is 18.9. The molecule has 1 heterocycles. The van der Waals surface area contributed by atoms with Crippen molar-refractivity contribution in [3.05, 3.63) is 102 Å². The third kappa shape index (κ3) is 2.85. The summed E-state index contributed by atoms with van der Waals surface area (Å²) in [6.07, 6.45) is 3.41. The number of hydrogen-bond donors (Lipinski definition) is 0. The number of nitrogens with zero attached hydrogens (tertiary/aromatic N) is 3. The number of rotatable bonds is 3. The van der Waals surface area contributed by atoms with Crippen LogP contribution >= 0.6 is 0 Å². The minimum Gasteiger partial charge on any atom is -0.275 e. The van der Waals surface area contributed by atoms with Gasteiger partial charge in [-0.2, -0.15) is 0 Å². The summed E-state index contributed by atoms with van der Waals surface area (Å²) in [5.41, 5.74) is 5.92. The molecular formula is C25H21N3. The third-order valence-electron chi connectivity index (χ3n) is 5.25. The fraction of sp³-hybridized carbons (Fsp3) is 0.120. The Morgan fingerprint density at radius 1 is 0.714 bits per heavy atom. The zero-order valence-electron chi connectivity index (χ0n) is 15.8. The van der Waals surface area contributed by atoms with Gasteiger partial charge in [0, 0.05) is 16.7 Å². The highest BCUT2D eigenvalue weighted by molar-refractivity contribution is 5.79. The normalized spacial score (nSPS) is 15.8. The van der Waals surface area contributed by atoms with Gasteiger partial charge in [0.2, 0.25) is 0 Å². The molecule has 1 aliphatic rings. The Labute approximate surface area is 165 Å². The molecule has 3 heteroatoms. The molecule has 0 fully saturated rings. The lowest BCUT2D eigenvalue weighted by Gasteiger charge is -2.24. The third-order valence-corrected chi connectivity index (χ3v) is 5.25. The van der Waals surface area contributed by atoms with Gasteiger partial charge in [-0.3, -0.25) is 4.57 Å². The second kappa shape index (κ2) is 6.93. The zero-order valence-corrected chi connectivity index (χ0v) is 15.8. The van der Waals surface area contributed by atoms with Crippen molar-refractivity contribution in [2.45, 2.75) is 13.3 Å². The highest BCUT2D eigenvalue weighted by Gasteiger charge is 2.24. The lowest BCUT2D eigenvalue weighted by Crippen LogP contribution is -2.13. The summed E-state index contributed by atoms with van der Waals surface area (Å²) in [7, 11) is 0. The Morgan fingerprint density at radius 2 is 1.25 bits per heavy atom. The van der Waals surface area contributed by atoms with E-state index in [1.54, 1.807) is 0 Å². The summed E-state index contributed by atoms with van der Waals surface area (Å²) in [5.74, 6) is 2.20. The lowest BCUT2D eigenvalue weighted by molar-refractivity contribution is 0.707. The summed E-state index contributed by atoms with van der Waals surface area (Å²) in [4.78, 5) is 0. The first-order valence-electron chi connectivity index (χ1n) is 9.68. The number of fused-ring (bicyclic) bond motifs is 1. The van der Waals surface area contributed by atoms with Gasteiger partial charge in [0.25, 0.3) is 0 Å². The Bertz CT molecular complexity index is 1080. The van der Waals surface area contributed by atoms with E-state index in [2.05, 4.69) is 76.3 Å². The number of benzene rings is 3. The van der Waals surface area contributed by atoms with Gasteiger partial charge in [0.1, 0.15) is 0 Å². The van der Waals surface area contributed by atoms with Crippen molar-refractivity contribution in [1.29, 1.82) is 0 Å². The maximum absolute atomic E-state index is 4.61. The van der Waals surface area contributed by atoms with Gasteiger partial charge in [-0.05, 0) is 17.9 Å². The van der Waals surface area contributed by atoms with Crippen molar-refractivity contribution in [2.24, 2.45) is 5.92 Å². The Kier molecular flexibility index (Phi) is 4.13. The molecule has 0 radical (unpaired) electrons. The molecule has 1 atom stereocenters. The fourth-order valence-corrected chi connectivity index (χ4v) is 3.97. The first-order chi connectivity index (χ1) is 13.8. The molecular weight excluding hydrogens is 342 g/mol. The van der Waals surface area contributed by atoms with Gasteiger partial charge in [0.05, 0.1) is 5.70 Å². The van der Waals surface area contributed by atoms with E-state index in [4.69, 9.17) is 0 Å². The standard InChI is InChI=1S/C25H21N3/c1-18-16-21-14-8-9-15-22(21)23(17-18)28-24(19-10-4-2-5-11-19)26-27-25(28)20-12-6-3-7-13-20/h2-15,17-18H,16H2,1H3. The molecule has 0 amide bonds. The topological polar surface area (TPSA) is 30.7 Å². The molecule has 3 aromatic carbocycles. The molecule has 0 bridgehead atoms. The first kappa shape index (κ1) is 16.7. The molecule has 0 saturated carbocycles. The SMILES string of the molecule is CC1C=C(n2c(-c3ccccc3)nnc2-c2ccccc2)c2ccccc2C1. The van der Waals surface area contributed by atoms with E-state index in [0.717, 1.165) is 34.9 Å². The molecule has 5 rings (SSSR count). The fourth-order valence-electron chi connectivity index (χ4n) is 3.97. The minimum absolute atomic E-state index is 0.458. The quantitative estimate of drug-likeness (QED) is 0.468. The molecule has 1 unspecified atom stereocenters. The highest BCUT2D eigenvalue weighted by Crippen LogP contribution is 2.36. The van der Waals surface area contributed by atoms with Gasteiger partial charge in [0.15, 0.2) is 11.6 Å². The van der Waals surface area contributed by atoms with E-state index in [-0.39, 0.29) is 0 Å². The monoisotopic (exact) mass is 363 g/mol. The molecule has 136 valence electrons. The molecule has 0 saturated heterocycles. The minimum atomic E-state index is 0.458. The Hall–Kier alpha value is -3.46. The lowest BCUT2D eigenvalue weighted by atomic mass is 9.88. The van der Waals surface area contributed by atoms with Crippen molar-refractivity contribution in [3.8, 4) is 22.8 Å². The maximum atomic E-state index is 4.61. The van der Waals surface area contributed by atoms with Crippen LogP contribution in [0.4, 0.5) is 0 Å². The van der Waals surface area contributed by atoms with Crippen LogP contribution in [-0.2, 0) is 6.42 Å². The molecule has 0 spiro atoms. The summed E-state index contributed by atoms with van der Waals surface area (Å²) in [6.45, 7) is 2.27. The molecule has 1 aromatic heterocycles. The number of aromatic nitrogens is 3. The molecule has 1 aliphatic carbocycles. The summed E-state index contributed by atoms with van der Waals surface area (Å²) >= 11 is 0. The number of hydrogen-bond acceptors (Lipinski definition) is 2. The van der Waals surface area contributed by atoms with Gasteiger partial charge in [-0.1, -0.05) is 97.9 Å². The van der Waals surface area contributed by atoms with Crippen LogP contribution in [0.3, 0.4) is 0 Å². The van der Waals surface area contributed by atoms with Crippen molar-refractivity contribution >= 4 is 5.70 Å². The Balaban J connectivity index is 1.79. The summed E-state index contributed by atoms with van der Waals surface area (Å²) in [6, 6.07) is 29.3. The van der Waals surface area contributed by atoms with Gasteiger partial charge >= 0.3 is 0 Å². The highest BCUT2D eigenvalue weighted by atomic mass is 15.3. The molecule has 0 aliphatic heterocycles. The molecule has 4 aromatic rings. The van der Waals surface area contributed by atoms with Gasteiger partial charge in [-0.15, -0.1) is 10.2 Å². The van der Waals surface area contributed by atoms with Crippen molar-refractivity contribution in [3.63, 3.8) is 0 Å². The summed E-state index contributed by atoms with van der Waals surface area (Å²) in [5, 5.41) is 9.22. The molecule has 28 heavy (non-hydrogen) atoms.